The molecule has 0 atom stereocenters. The van der Waals surface area contributed by atoms with Gasteiger partial charge in [0.05, 0.1) is 26.9 Å². The zero-order valence-corrected chi connectivity index (χ0v) is 13.5. The lowest BCUT2D eigenvalue weighted by molar-refractivity contribution is 0.339. The van der Waals surface area contributed by atoms with Crippen molar-refractivity contribution in [2.75, 3.05) is 12.3 Å². The summed E-state index contributed by atoms with van der Waals surface area (Å²) in [6, 6.07) is 10.6. The van der Waals surface area contributed by atoms with Gasteiger partial charge in [-0.2, -0.15) is 0 Å². The van der Waals surface area contributed by atoms with Crippen molar-refractivity contribution in [2.45, 2.75) is 6.92 Å². The van der Waals surface area contributed by atoms with E-state index in [4.69, 9.17) is 10.5 Å². The first-order valence-electron chi connectivity index (χ1n) is 6.47. The number of rotatable bonds is 3. The van der Waals surface area contributed by atoms with E-state index in [0.29, 0.717) is 32.9 Å². The van der Waals surface area contributed by atoms with Gasteiger partial charge in [-0.15, -0.1) is 0 Å². The molecule has 0 saturated carbocycles. The number of nitrogens with zero attached hydrogens (tertiary/aromatic N) is 2. The van der Waals surface area contributed by atoms with E-state index in [1.807, 2.05) is 53.8 Å². The van der Waals surface area contributed by atoms with Crippen molar-refractivity contribution in [1.29, 1.82) is 0 Å². The van der Waals surface area contributed by atoms with Crippen LogP contribution in [0.2, 0.25) is 0 Å². The maximum Gasteiger partial charge on any atom is 0.206 e. The fraction of sp³-hybridized carbons (Fsp3) is 0.133. The minimum absolute atomic E-state index is 0.293. The van der Waals surface area contributed by atoms with Crippen molar-refractivity contribution in [3.63, 3.8) is 0 Å². The van der Waals surface area contributed by atoms with Gasteiger partial charge in [0.2, 0.25) is 5.95 Å². The second kappa shape index (κ2) is 5.51. The second-order valence-corrected chi connectivity index (χ2v) is 5.62. The average Bonchev–Trinajstić information content (AvgIpc) is 2.76. The Morgan fingerprint density at radius 2 is 2.10 bits per heavy atom. The number of nitrogens with two attached hydrogens (primary N) is 1. The van der Waals surface area contributed by atoms with Crippen LogP contribution < -0.4 is 10.5 Å². The van der Waals surface area contributed by atoms with Crippen LogP contribution in [-0.2, 0) is 0 Å². The first kappa shape index (κ1) is 14.1. The molecule has 6 heteroatoms. The van der Waals surface area contributed by atoms with Crippen LogP contribution in [-0.4, -0.2) is 16.2 Å². The largest absolute Gasteiger partial charge is 0.492 e. The molecule has 0 aliphatic rings. The van der Waals surface area contributed by atoms with Gasteiger partial charge in [0.15, 0.2) is 0 Å². The SMILES string of the molecule is CCOc1ccccc1-n1c(N)nc2cc(I)c(F)cc21. The van der Waals surface area contributed by atoms with Crippen molar-refractivity contribution < 1.29 is 9.13 Å². The van der Waals surface area contributed by atoms with Crippen LogP contribution in [0.3, 0.4) is 0 Å². The predicted molar refractivity (Wildman–Crippen MR) is 89.3 cm³/mol. The number of para-hydroxylation sites is 2. The number of anilines is 1. The van der Waals surface area contributed by atoms with E-state index in [1.165, 1.54) is 6.07 Å². The first-order valence-corrected chi connectivity index (χ1v) is 7.55. The summed E-state index contributed by atoms with van der Waals surface area (Å²) >= 11 is 1.94. The van der Waals surface area contributed by atoms with Crippen LogP contribution in [0.1, 0.15) is 6.92 Å². The Morgan fingerprint density at radius 3 is 2.86 bits per heavy atom. The van der Waals surface area contributed by atoms with Crippen LogP contribution in [0.4, 0.5) is 10.3 Å². The maximum atomic E-state index is 13.9. The molecule has 1 aromatic heterocycles. The van der Waals surface area contributed by atoms with Crippen molar-refractivity contribution in [1.82, 2.24) is 9.55 Å². The molecule has 0 saturated heterocycles. The smallest absolute Gasteiger partial charge is 0.206 e. The lowest BCUT2D eigenvalue weighted by atomic mass is 10.2. The fourth-order valence-corrected chi connectivity index (χ4v) is 2.71. The molecule has 2 aromatic carbocycles. The van der Waals surface area contributed by atoms with Crippen molar-refractivity contribution >= 4 is 39.6 Å². The number of imidazole rings is 1. The van der Waals surface area contributed by atoms with E-state index in [9.17, 15) is 4.39 Å². The molecule has 4 nitrogen and oxygen atoms in total. The zero-order valence-electron chi connectivity index (χ0n) is 11.3. The molecule has 0 radical (unpaired) electrons. The molecule has 0 aliphatic carbocycles. The zero-order chi connectivity index (χ0) is 15.0. The summed E-state index contributed by atoms with van der Waals surface area (Å²) in [5.74, 6) is 0.696. The van der Waals surface area contributed by atoms with Gasteiger partial charge in [0.1, 0.15) is 11.6 Å². The van der Waals surface area contributed by atoms with Crippen LogP contribution in [0.25, 0.3) is 16.7 Å². The predicted octanol–water partition coefficient (Wildman–Crippen LogP) is 3.75. The highest BCUT2D eigenvalue weighted by molar-refractivity contribution is 14.1. The number of nitrogen functional groups attached to an aromatic ring is 1. The topological polar surface area (TPSA) is 53.1 Å². The Bertz CT molecular complexity index is 816. The van der Waals surface area contributed by atoms with Crippen LogP contribution in [0.15, 0.2) is 36.4 Å². The van der Waals surface area contributed by atoms with E-state index in [2.05, 4.69) is 4.98 Å². The Hall–Kier alpha value is -1.83. The highest BCUT2D eigenvalue weighted by Gasteiger charge is 2.15. The first-order chi connectivity index (χ1) is 10.1. The van der Waals surface area contributed by atoms with Gasteiger partial charge in [-0.25, -0.2) is 9.37 Å². The minimum atomic E-state index is -0.293. The van der Waals surface area contributed by atoms with Crippen LogP contribution in [0, 0.1) is 9.39 Å². The minimum Gasteiger partial charge on any atom is -0.492 e. The lowest BCUT2D eigenvalue weighted by Crippen LogP contribution is -2.04. The number of hydrogen-bond acceptors (Lipinski definition) is 3. The molecule has 0 bridgehead atoms. The number of ether oxygens (including phenoxy) is 1. The highest BCUT2D eigenvalue weighted by atomic mass is 127. The fourth-order valence-electron chi connectivity index (χ4n) is 2.26. The number of benzene rings is 2. The molecular weight excluding hydrogens is 384 g/mol. The lowest BCUT2D eigenvalue weighted by Gasteiger charge is -2.12. The van der Waals surface area contributed by atoms with Crippen molar-refractivity contribution in [2.24, 2.45) is 0 Å². The number of hydrogen-bond donors (Lipinski definition) is 1. The van der Waals surface area contributed by atoms with Gasteiger partial charge in [0.25, 0.3) is 0 Å². The molecule has 108 valence electrons. The highest BCUT2D eigenvalue weighted by Crippen LogP contribution is 2.31. The summed E-state index contributed by atoms with van der Waals surface area (Å²) in [7, 11) is 0. The Labute approximate surface area is 134 Å². The van der Waals surface area contributed by atoms with Gasteiger partial charge in [-0.1, -0.05) is 12.1 Å². The summed E-state index contributed by atoms with van der Waals surface area (Å²) in [6.07, 6.45) is 0. The number of aromatic nitrogens is 2. The molecule has 3 aromatic rings. The number of halogens is 2. The molecule has 2 N–H and O–H groups in total. The van der Waals surface area contributed by atoms with Gasteiger partial charge < -0.3 is 10.5 Å². The third-order valence-electron chi connectivity index (χ3n) is 3.13. The molecule has 0 unspecified atom stereocenters. The normalized spacial score (nSPS) is 11.0. The third-order valence-corrected chi connectivity index (χ3v) is 3.96. The van der Waals surface area contributed by atoms with E-state index in [1.54, 1.807) is 10.6 Å². The Balaban J connectivity index is 2.30. The standard InChI is InChI=1S/C15H13FIN3O/c1-2-21-14-6-4-3-5-12(14)20-13-7-9(16)10(17)8-11(13)19-15(20)18/h3-8H,2H2,1H3,(H2,18,19). The second-order valence-electron chi connectivity index (χ2n) is 4.46. The van der Waals surface area contributed by atoms with Crippen LogP contribution >= 0.6 is 22.6 Å². The molecule has 0 amide bonds. The number of fused-ring (bicyclic) bond motifs is 1. The average molecular weight is 397 g/mol. The van der Waals surface area contributed by atoms with E-state index in [-0.39, 0.29) is 5.82 Å². The van der Waals surface area contributed by atoms with Gasteiger partial charge in [-0.3, -0.25) is 4.57 Å². The summed E-state index contributed by atoms with van der Waals surface area (Å²) in [5.41, 5.74) is 8.05. The molecule has 0 aliphatic heterocycles. The maximum absolute atomic E-state index is 13.9. The monoisotopic (exact) mass is 397 g/mol. The van der Waals surface area contributed by atoms with Crippen molar-refractivity contribution in [3.8, 4) is 11.4 Å². The Kier molecular flexibility index (Phi) is 3.71. The Morgan fingerprint density at radius 1 is 1.33 bits per heavy atom. The van der Waals surface area contributed by atoms with E-state index in [0.717, 1.165) is 5.69 Å². The van der Waals surface area contributed by atoms with Crippen molar-refractivity contribution in [3.05, 3.63) is 45.8 Å². The van der Waals surface area contributed by atoms with Gasteiger partial charge >= 0.3 is 0 Å². The van der Waals surface area contributed by atoms with Gasteiger partial charge in [0, 0.05) is 6.07 Å². The molecular formula is C15H13FIN3O. The summed E-state index contributed by atoms with van der Waals surface area (Å²) in [6.45, 7) is 2.45. The molecule has 1 heterocycles. The van der Waals surface area contributed by atoms with Crippen LogP contribution in [0.5, 0.6) is 5.75 Å². The third kappa shape index (κ3) is 2.44. The molecule has 0 spiro atoms. The van der Waals surface area contributed by atoms with Gasteiger partial charge in [-0.05, 0) is 47.7 Å². The molecule has 3 rings (SSSR count). The summed E-state index contributed by atoms with van der Waals surface area (Å²) < 4.78 is 21.7. The molecule has 21 heavy (non-hydrogen) atoms. The quantitative estimate of drug-likeness (QED) is 0.685. The van der Waals surface area contributed by atoms with E-state index < -0.39 is 0 Å². The summed E-state index contributed by atoms with van der Waals surface area (Å²) in [5, 5.41) is 0. The molecule has 0 fully saturated rings. The van der Waals surface area contributed by atoms with E-state index >= 15 is 0 Å². The summed E-state index contributed by atoms with van der Waals surface area (Å²) in [4.78, 5) is 4.31.